The van der Waals surface area contributed by atoms with E-state index in [1.165, 1.54) is 5.39 Å². The first kappa shape index (κ1) is 9.42. The number of thiocarbonyl (C=S) groups is 1. The summed E-state index contributed by atoms with van der Waals surface area (Å²) in [5.41, 5.74) is 0.974. The summed E-state index contributed by atoms with van der Waals surface area (Å²) in [6, 6.07) is 14.2. The van der Waals surface area contributed by atoms with Crippen molar-refractivity contribution in [1.82, 2.24) is 0 Å². The molecule has 0 saturated heterocycles. The lowest BCUT2D eigenvalue weighted by molar-refractivity contribution is 0.227. The molecular weight excluding hydrogens is 220 g/mol. The zero-order valence-electron chi connectivity index (χ0n) is 8.33. The molecule has 0 aromatic heterocycles. The molecule has 2 aromatic rings. The highest BCUT2D eigenvalue weighted by atomic mass is 32.1. The number of fused-ring (bicyclic) bond motifs is 1. The first-order chi connectivity index (χ1) is 7.83. The van der Waals surface area contributed by atoms with Gasteiger partial charge in [-0.2, -0.15) is 0 Å². The summed E-state index contributed by atoms with van der Waals surface area (Å²) in [6.07, 6.45) is -0.378. The van der Waals surface area contributed by atoms with Crippen LogP contribution < -0.4 is 0 Å². The molecule has 0 bridgehead atoms. The minimum atomic E-state index is -0.378. The van der Waals surface area contributed by atoms with Crippen LogP contribution in [0.2, 0.25) is 0 Å². The van der Waals surface area contributed by atoms with Gasteiger partial charge in [-0.25, -0.2) is 0 Å². The summed E-state index contributed by atoms with van der Waals surface area (Å²) in [6.45, 7) is 0. The number of benzene rings is 2. The van der Waals surface area contributed by atoms with Crippen molar-refractivity contribution >= 4 is 28.2 Å². The molecule has 3 rings (SSSR count). The Labute approximate surface area is 97.8 Å². The van der Waals surface area contributed by atoms with Crippen LogP contribution in [0, 0.1) is 0 Å². The average molecular weight is 228 g/mol. The van der Waals surface area contributed by atoms with Crippen molar-refractivity contribution in [3.05, 3.63) is 48.0 Å². The van der Waals surface area contributed by atoms with Crippen molar-refractivity contribution in [2.45, 2.75) is 6.23 Å². The van der Waals surface area contributed by atoms with Gasteiger partial charge in [-0.15, -0.1) is 10.2 Å². The average Bonchev–Trinajstić information content (AvgIpc) is 2.75. The predicted octanol–water partition coefficient (Wildman–Crippen LogP) is 3.61. The highest BCUT2D eigenvalue weighted by Crippen LogP contribution is 2.27. The van der Waals surface area contributed by atoms with E-state index >= 15 is 0 Å². The van der Waals surface area contributed by atoms with Crippen molar-refractivity contribution in [2.24, 2.45) is 10.2 Å². The van der Waals surface area contributed by atoms with Gasteiger partial charge < -0.3 is 4.74 Å². The molecule has 0 radical (unpaired) electrons. The van der Waals surface area contributed by atoms with Gasteiger partial charge in [0.25, 0.3) is 0 Å². The van der Waals surface area contributed by atoms with E-state index in [0.717, 1.165) is 10.9 Å². The molecule has 0 amide bonds. The molecule has 0 spiro atoms. The highest BCUT2D eigenvalue weighted by molar-refractivity contribution is 7.80. The molecule has 16 heavy (non-hydrogen) atoms. The van der Waals surface area contributed by atoms with Gasteiger partial charge in [0.15, 0.2) is 0 Å². The van der Waals surface area contributed by atoms with Gasteiger partial charge in [-0.05, 0) is 29.1 Å². The lowest BCUT2D eigenvalue weighted by Crippen LogP contribution is -1.97. The third-order valence-electron chi connectivity index (χ3n) is 2.52. The quantitative estimate of drug-likeness (QED) is 0.699. The summed E-state index contributed by atoms with van der Waals surface area (Å²) in [4.78, 5) is 0. The lowest BCUT2D eigenvalue weighted by Gasteiger charge is -2.07. The van der Waals surface area contributed by atoms with Crippen LogP contribution >= 0.6 is 12.2 Å². The van der Waals surface area contributed by atoms with Crippen LogP contribution in [0.25, 0.3) is 10.8 Å². The van der Waals surface area contributed by atoms with Crippen LogP contribution in [0.5, 0.6) is 0 Å². The zero-order chi connectivity index (χ0) is 11.0. The van der Waals surface area contributed by atoms with E-state index in [4.69, 9.17) is 17.0 Å². The number of azo groups is 1. The van der Waals surface area contributed by atoms with Crippen molar-refractivity contribution in [2.75, 3.05) is 0 Å². The Kier molecular flexibility index (Phi) is 2.15. The topological polar surface area (TPSA) is 34.0 Å². The standard InChI is InChI=1S/C12H8N2OS/c16-12-14-13-11(15-12)10-6-5-8-3-1-2-4-9(8)7-10/h1-7,11H. The lowest BCUT2D eigenvalue weighted by atomic mass is 10.1. The Bertz CT molecular complexity index is 594. The Morgan fingerprint density at radius 1 is 1.06 bits per heavy atom. The Morgan fingerprint density at radius 3 is 2.62 bits per heavy atom. The molecule has 1 heterocycles. The monoisotopic (exact) mass is 228 g/mol. The minimum absolute atomic E-state index is 0.207. The molecule has 2 aromatic carbocycles. The van der Waals surface area contributed by atoms with Crippen molar-refractivity contribution in [1.29, 1.82) is 0 Å². The SMILES string of the molecule is S=C1N=NC(c2ccc3ccccc3c2)O1. The summed E-state index contributed by atoms with van der Waals surface area (Å²) >= 11 is 4.81. The molecule has 78 valence electrons. The first-order valence-corrected chi connectivity index (χ1v) is 5.34. The van der Waals surface area contributed by atoms with E-state index in [9.17, 15) is 0 Å². The maximum absolute atomic E-state index is 5.29. The summed E-state index contributed by atoms with van der Waals surface area (Å²) in [7, 11) is 0. The number of hydrogen-bond donors (Lipinski definition) is 0. The van der Waals surface area contributed by atoms with Crippen LogP contribution in [0.3, 0.4) is 0 Å². The van der Waals surface area contributed by atoms with Crippen LogP contribution in [0.4, 0.5) is 0 Å². The van der Waals surface area contributed by atoms with Crippen LogP contribution in [-0.2, 0) is 4.74 Å². The van der Waals surface area contributed by atoms with Gasteiger partial charge in [0, 0.05) is 5.56 Å². The van der Waals surface area contributed by atoms with Gasteiger partial charge in [-0.1, -0.05) is 36.4 Å². The maximum atomic E-state index is 5.29. The van der Waals surface area contributed by atoms with E-state index in [0.29, 0.717) is 0 Å². The molecule has 1 aliphatic heterocycles. The van der Waals surface area contributed by atoms with E-state index < -0.39 is 0 Å². The number of ether oxygens (including phenoxy) is 1. The number of nitrogens with zero attached hydrogens (tertiary/aromatic N) is 2. The molecule has 0 fully saturated rings. The molecule has 1 aliphatic rings. The Balaban J connectivity index is 2.05. The molecule has 3 nitrogen and oxygen atoms in total. The van der Waals surface area contributed by atoms with Gasteiger partial charge in [-0.3, -0.25) is 0 Å². The fourth-order valence-electron chi connectivity index (χ4n) is 1.74. The minimum Gasteiger partial charge on any atom is -0.436 e. The van der Waals surface area contributed by atoms with E-state index in [-0.39, 0.29) is 11.4 Å². The first-order valence-electron chi connectivity index (χ1n) is 4.93. The second kappa shape index (κ2) is 3.64. The van der Waals surface area contributed by atoms with Crippen molar-refractivity contribution in [3.8, 4) is 0 Å². The molecule has 1 atom stereocenters. The van der Waals surface area contributed by atoms with Crippen molar-refractivity contribution < 1.29 is 4.74 Å². The number of rotatable bonds is 1. The largest absolute Gasteiger partial charge is 0.436 e. The molecule has 0 saturated carbocycles. The van der Waals surface area contributed by atoms with E-state index in [1.54, 1.807) is 0 Å². The normalized spacial score (nSPS) is 19.0. The Hall–Kier alpha value is -1.81. The van der Waals surface area contributed by atoms with Crippen LogP contribution in [0.15, 0.2) is 52.7 Å². The summed E-state index contributed by atoms with van der Waals surface area (Å²) < 4.78 is 5.29. The van der Waals surface area contributed by atoms with E-state index in [1.807, 2.05) is 30.3 Å². The van der Waals surface area contributed by atoms with Gasteiger partial charge in [0.1, 0.15) is 0 Å². The fraction of sp³-hybridized carbons (Fsp3) is 0.0833. The van der Waals surface area contributed by atoms with Gasteiger partial charge in [0.2, 0.25) is 6.23 Å². The van der Waals surface area contributed by atoms with Crippen molar-refractivity contribution in [3.63, 3.8) is 0 Å². The van der Waals surface area contributed by atoms with E-state index in [2.05, 4.69) is 22.4 Å². The molecular formula is C12H8N2OS. The van der Waals surface area contributed by atoms with Crippen LogP contribution in [-0.4, -0.2) is 5.17 Å². The fourth-order valence-corrected chi connectivity index (χ4v) is 1.88. The molecule has 0 N–H and O–H groups in total. The second-order valence-corrected chi connectivity index (χ2v) is 3.91. The molecule has 0 aliphatic carbocycles. The smallest absolute Gasteiger partial charge is 0.304 e. The Morgan fingerprint density at radius 2 is 1.88 bits per heavy atom. The third-order valence-corrected chi connectivity index (χ3v) is 2.69. The second-order valence-electron chi connectivity index (χ2n) is 3.56. The van der Waals surface area contributed by atoms with Crippen LogP contribution in [0.1, 0.15) is 11.8 Å². The summed E-state index contributed by atoms with van der Waals surface area (Å²) in [5.74, 6) is 0. The molecule has 4 heteroatoms. The van der Waals surface area contributed by atoms with Gasteiger partial charge >= 0.3 is 5.17 Å². The highest BCUT2D eigenvalue weighted by Gasteiger charge is 2.19. The third kappa shape index (κ3) is 1.57. The maximum Gasteiger partial charge on any atom is 0.304 e. The predicted molar refractivity (Wildman–Crippen MR) is 65.2 cm³/mol. The summed E-state index contributed by atoms with van der Waals surface area (Å²) in [5, 5.41) is 10.2. The molecule has 1 unspecified atom stereocenters. The van der Waals surface area contributed by atoms with Gasteiger partial charge in [0.05, 0.1) is 0 Å². The number of hydrogen-bond acceptors (Lipinski definition) is 3. The zero-order valence-corrected chi connectivity index (χ0v) is 9.15.